The standard InChI is InChI=1S/C21H21N3O3/c1-14-7-6-10-19(15(14)2)27-16(3)21(26)24-23-20(25)12-11-17-8-4-5-9-18(17)13-22/h4-12,16H,1-3H3,(H,23,25)(H,24,26)/b12-11+. The highest BCUT2D eigenvalue weighted by molar-refractivity contribution is 5.93. The topological polar surface area (TPSA) is 91.2 Å². The van der Waals surface area contributed by atoms with Gasteiger partial charge >= 0.3 is 0 Å². The predicted molar refractivity (Wildman–Crippen MR) is 102 cm³/mol. The fourth-order valence-electron chi connectivity index (χ4n) is 2.27. The molecule has 0 aliphatic carbocycles. The molecule has 1 unspecified atom stereocenters. The summed E-state index contributed by atoms with van der Waals surface area (Å²) in [6.45, 7) is 5.48. The second-order valence-electron chi connectivity index (χ2n) is 5.97. The van der Waals surface area contributed by atoms with Crippen LogP contribution >= 0.6 is 0 Å². The van der Waals surface area contributed by atoms with Gasteiger partial charge in [-0.25, -0.2) is 0 Å². The Balaban J connectivity index is 1.89. The van der Waals surface area contributed by atoms with E-state index in [4.69, 9.17) is 10.00 Å². The molecule has 0 aromatic heterocycles. The van der Waals surface area contributed by atoms with Gasteiger partial charge < -0.3 is 4.74 Å². The predicted octanol–water partition coefficient (Wildman–Crippen LogP) is 2.80. The van der Waals surface area contributed by atoms with E-state index in [9.17, 15) is 9.59 Å². The lowest BCUT2D eigenvalue weighted by atomic mass is 10.1. The van der Waals surface area contributed by atoms with Crippen molar-refractivity contribution in [3.8, 4) is 11.8 Å². The highest BCUT2D eigenvalue weighted by Gasteiger charge is 2.16. The normalized spacial score (nSPS) is 11.5. The Morgan fingerprint density at radius 1 is 1.11 bits per heavy atom. The van der Waals surface area contributed by atoms with Gasteiger partial charge in [-0.1, -0.05) is 30.3 Å². The number of nitrogens with zero attached hydrogens (tertiary/aromatic N) is 1. The first-order valence-corrected chi connectivity index (χ1v) is 8.42. The van der Waals surface area contributed by atoms with E-state index in [1.165, 1.54) is 12.2 Å². The zero-order chi connectivity index (χ0) is 19.8. The molecule has 0 aliphatic heterocycles. The fraction of sp³-hybridized carbons (Fsp3) is 0.190. The van der Waals surface area contributed by atoms with Gasteiger partial charge in [0.25, 0.3) is 11.8 Å². The Kier molecular flexibility index (Phi) is 6.73. The van der Waals surface area contributed by atoms with Crippen molar-refractivity contribution in [3.63, 3.8) is 0 Å². The van der Waals surface area contributed by atoms with Crippen molar-refractivity contribution in [2.45, 2.75) is 26.9 Å². The molecule has 138 valence electrons. The number of carbonyl (C=O) groups is 2. The zero-order valence-electron chi connectivity index (χ0n) is 15.4. The second-order valence-corrected chi connectivity index (χ2v) is 5.97. The molecule has 2 amide bonds. The van der Waals surface area contributed by atoms with Crippen LogP contribution in [-0.2, 0) is 9.59 Å². The second kappa shape index (κ2) is 9.20. The van der Waals surface area contributed by atoms with E-state index >= 15 is 0 Å². The Morgan fingerprint density at radius 2 is 1.85 bits per heavy atom. The number of benzene rings is 2. The van der Waals surface area contributed by atoms with Crippen molar-refractivity contribution in [1.29, 1.82) is 5.26 Å². The number of nitriles is 1. The molecule has 2 rings (SSSR count). The molecule has 1 atom stereocenters. The van der Waals surface area contributed by atoms with Crippen LogP contribution in [0.5, 0.6) is 5.75 Å². The molecule has 0 spiro atoms. The molecule has 0 saturated heterocycles. The van der Waals surface area contributed by atoms with Crippen molar-refractivity contribution >= 4 is 17.9 Å². The van der Waals surface area contributed by atoms with Crippen LogP contribution in [0, 0.1) is 25.2 Å². The van der Waals surface area contributed by atoms with Crippen molar-refractivity contribution < 1.29 is 14.3 Å². The lowest BCUT2D eigenvalue weighted by Gasteiger charge is -2.17. The minimum Gasteiger partial charge on any atom is -0.481 e. The number of hydrogen-bond donors (Lipinski definition) is 2. The molecule has 6 heteroatoms. The summed E-state index contributed by atoms with van der Waals surface area (Å²) in [6, 6.07) is 14.6. The van der Waals surface area contributed by atoms with E-state index in [1.807, 2.05) is 32.0 Å². The van der Waals surface area contributed by atoms with Crippen LogP contribution in [0.25, 0.3) is 6.08 Å². The Bertz CT molecular complexity index is 913. The first kappa shape index (κ1) is 19.7. The number of aryl methyl sites for hydroxylation is 1. The lowest BCUT2D eigenvalue weighted by Crippen LogP contribution is -2.46. The lowest BCUT2D eigenvalue weighted by molar-refractivity contribution is -0.131. The van der Waals surface area contributed by atoms with Gasteiger partial charge in [0.15, 0.2) is 6.10 Å². The number of ether oxygens (including phenoxy) is 1. The van der Waals surface area contributed by atoms with Gasteiger partial charge in [0.2, 0.25) is 0 Å². The molecular formula is C21H21N3O3. The molecule has 0 aliphatic rings. The number of hydrazine groups is 1. The monoisotopic (exact) mass is 363 g/mol. The van der Waals surface area contributed by atoms with Crippen LogP contribution in [0.2, 0.25) is 0 Å². The molecule has 0 saturated carbocycles. The summed E-state index contributed by atoms with van der Waals surface area (Å²) in [5.74, 6) is -0.373. The van der Waals surface area contributed by atoms with Gasteiger partial charge in [-0.2, -0.15) is 5.26 Å². The number of amides is 2. The molecule has 0 bridgehead atoms. The largest absolute Gasteiger partial charge is 0.481 e. The van der Waals surface area contributed by atoms with Crippen LogP contribution in [0.3, 0.4) is 0 Å². The van der Waals surface area contributed by atoms with Gasteiger partial charge in [0.05, 0.1) is 11.6 Å². The summed E-state index contributed by atoms with van der Waals surface area (Å²) in [5, 5.41) is 9.02. The minimum atomic E-state index is -0.783. The number of rotatable bonds is 5. The maximum Gasteiger partial charge on any atom is 0.279 e. The quantitative estimate of drug-likeness (QED) is 0.631. The molecule has 0 fully saturated rings. The van der Waals surface area contributed by atoms with Gasteiger partial charge in [-0.15, -0.1) is 0 Å². The van der Waals surface area contributed by atoms with E-state index in [0.29, 0.717) is 16.9 Å². The van der Waals surface area contributed by atoms with Gasteiger partial charge in [0, 0.05) is 6.08 Å². The van der Waals surface area contributed by atoms with Crippen LogP contribution < -0.4 is 15.6 Å². The Hall–Kier alpha value is -3.59. The highest BCUT2D eigenvalue weighted by Crippen LogP contribution is 2.21. The summed E-state index contributed by atoms with van der Waals surface area (Å²) in [5.41, 5.74) is 7.72. The minimum absolute atomic E-state index is 0.459. The van der Waals surface area contributed by atoms with Crippen LogP contribution in [0.4, 0.5) is 0 Å². The van der Waals surface area contributed by atoms with E-state index in [2.05, 4.69) is 10.9 Å². The van der Waals surface area contributed by atoms with Crippen molar-refractivity contribution in [2.24, 2.45) is 0 Å². The Morgan fingerprint density at radius 3 is 2.59 bits per heavy atom. The van der Waals surface area contributed by atoms with Crippen molar-refractivity contribution in [2.75, 3.05) is 0 Å². The summed E-state index contributed by atoms with van der Waals surface area (Å²) in [6.07, 6.45) is 1.97. The zero-order valence-corrected chi connectivity index (χ0v) is 15.4. The SMILES string of the molecule is Cc1cccc(OC(C)C(=O)NNC(=O)/C=C/c2ccccc2C#N)c1C. The fourth-order valence-corrected chi connectivity index (χ4v) is 2.27. The van der Waals surface area contributed by atoms with Gasteiger partial charge in [-0.3, -0.25) is 20.4 Å². The summed E-state index contributed by atoms with van der Waals surface area (Å²) in [4.78, 5) is 24.0. The molecule has 2 aromatic rings. The average molecular weight is 363 g/mol. The maximum atomic E-state index is 12.1. The third kappa shape index (κ3) is 5.44. The van der Waals surface area contributed by atoms with E-state index in [1.54, 1.807) is 37.3 Å². The summed E-state index contributed by atoms with van der Waals surface area (Å²) in [7, 11) is 0. The van der Waals surface area contributed by atoms with E-state index in [0.717, 1.165) is 11.1 Å². The highest BCUT2D eigenvalue weighted by atomic mass is 16.5. The molecule has 0 radical (unpaired) electrons. The molecule has 2 aromatic carbocycles. The first-order valence-electron chi connectivity index (χ1n) is 8.42. The molecule has 27 heavy (non-hydrogen) atoms. The molecule has 6 nitrogen and oxygen atoms in total. The average Bonchev–Trinajstić information content (AvgIpc) is 2.68. The first-order chi connectivity index (χ1) is 12.9. The number of carbonyl (C=O) groups excluding carboxylic acids is 2. The number of nitrogens with one attached hydrogen (secondary N) is 2. The molecule has 2 N–H and O–H groups in total. The van der Waals surface area contributed by atoms with Crippen LogP contribution in [0.15, 0.2) is 48.5 Å². The van der Waals surface area contributed by atoms with Crippen LogP contribution in [-0.4, -0.2) is 17.9 Å². The van der Waals surface area contributed by atoms with Crippen molar-refractivity contribution in [3.05, 3.63) is 70.8 Å². The molecule has 0 heterocycles. The smallest absolute Gasteiger partial charge is 0.279 e. The maximum absolute atomic E-state index is 12.1. The molecular weight excluding hydrogens is 342 g/mol. The summed E-state index contributed by atoms with van der Waals surface area (Å²) < 4.78 is 5.66. The van der Waals surface area contributed by atoms with Gasteiger partial charge in [0.1, 0.15) is 5.75 Å². The van der Waals surface area contributed by atoms with E-state index < -0.39 is 17.9 Å². The summed E-state index contributed by atoms with van der Waals surface area (Å²) >= 11 is 0. The number of hydrogen-bond acceptors (Lipinski definition) is 4. The van der Waals surface area contributed by atoms with Crippen LogP contribution in [0.1, 0.15) is 29.2 Å². The Labute approximate surface area is 158 Å². The van der Waals surface area contributed by atoms with Crippen molar-refractivity contribution in [1.82, 2.24) is 10.9 Å². The van der Waals surface area contributed by atoms with E-state index in [-0.39, 0.29) is 0 Å². The third-order valence-corrected chi connectivity index (χ3v) is 4.03. The van der Waals surface area contributed by atoms with Gasteiger partial charge in [-0.05, 0) is 55.7 Å². The third-order valence-electron chi connectivity index (χ3n) is 4.03.